The number of methoxy groups -OCH3 is 2. The highest BCUT2D eigenvalue weighted by Crippen LogP contribution is 2.68. The maximum absolute atomic E-state index is 15.3. The molecule has 2 fully saturated rings. The lowest BCUT2D eigenvalue weighted by atomic mass is 9.47. The van der Waals surface area contributed by atoms with Crippen molar-refractivity contribution in [2.75, 3.05) is 65.4 Å². The number of ether oxygens (including phenoxy) is 3. The molecule has 1 saturated heterocycles. The van der Waals surface area contributed by atoms with E-state index in [1.807, 2.05) is 59.6 Å². The fourth-order valence-corrected chi connectivity index (χ4v) is 13.3. The zero-order chi connectivity index (χ0) is 44.1. The number of H-pyrrole nitrogens is 1. The highest BCUT2D eigenvalue weighted by atomic mass is 19.4. The first kappa shape index (κ1) is 42.4. The molecule has 2 bridgehead atoms. The molecule has 3 aromatic rings. The molecule has 332 valence electrons. The number of carbonyl (C=O) groups excluding carboxylic acids is 3. The molecule has 1 amide bonds. The Morgan fingerprint density at radius 3 is 2.53 bits per heavy atom. The highest BCUT2D eigenvalue weighted by molar-refractivity contribution is 5.94. The molecule has 6 aliphatic rings. The largest absolute Gasteiger partial charge is 0.496 e. The van der Waals surface area contributed by atoms with Crippen molar-refractivity contribution in [3.05, 3.63) is 82.6 Å². The van der Waals surface area contributed by atoms with Crippen molar-refractivity contribution in [3.8, 4) is 5.75 Å². The Morgan fingerprint density at radius 1 is 1.06 bits per heavy atom. The van der Waals surface area contributed by atoms with Gasteiger partial charge in [-0.15, -0.1) is 0 Å². The summed E-state index contributed by atoms with van der Waals surface area (Å²) in [4.78, 5) is 51.3. The fourth-order valence-electron chi connectivity index (χ4n) is 13.3. The summed E-state index contributed by atoms with van der Waals surface area (Å²) in [6.45, 7) is 7.95. The Morgan fingerprint density at radius 2 is 1.84 bits per heavy atom. The lowest BCUT2D eigenvalue weighted by Gasteiger charge is -2.64. The number of aromatic nitrogens is 1. The number of esters is 2. The number of halogens is 3. The number of anilines is 1. The van der Waals surface area contributed by atoms with Gasteiger partial charge >= 0.3 is 24.0 Å². The number of alkyl halides is 3. The molecule has 9 rings (SSSR count). The predicted octanol–water partition coefficient (Wildman–Crippen LogP) is 5.30. The van der Waals surface area contributed by atoms with Crippen LogP contribution >= 0.6 is 0 Å². The smallest absolute Gasteiger partial charge is 0.471 e. The maximum Gasteiger partial charge on any atom is 0.471 e. The first-order valence-corrected chi connectivity index (χ1v) is 21.8. The topological polar surface area (TPSA) is 137 Å². The van der Waals surface area contributed by atoms with E-state index in [0.717, 1.165) is 53.8 Å². The van der Waals surface area contributed by atoms with Gasteiger partial charge in [-0.3, -0.25) is 24.2 Å². The minimum absolute atomic E-state index is 0.0543. The van der Waals surface area contributed by atoms with Crippen molar-refractivity contribution in [1.29, 1.82) is 0 Å². The number of nitrogens with zero attached hydrogens (tertiary/aromatic N) is 3. The second-order valence-corrected chi connectivity index (χ2v) is 18.3. The zero-order valence-electron chi connectivity index (χ0n) is 36.2. The Labute approximate surface area is 359 Å². The van der Waals surface area contributed by atoms with Gasteiger partial charge in [0.05, 0.1) is 26.8 Å². The molecule has 15 heteroatoms. The summed E-state index contributed by atoms with van der Waals surface area (Å²) in [7, 11) is 4.74. The molecule has 1 aliphatic carbocycles. The van der Waals surface area contributed by atoms with Crippen LogP contribution in [0.1, 0.15) is 68.8 Å². The molecule has 2 aromatic carbocycles. The van der Waals surface area contributed by atoms with Crippen LogP contribution in [0.25, 0.3) is 10.9 Å². The fraction of sp³-hybridized carbons (Fsp3) is 0.553. The molecule has 5 aliphatic heterocycles. The SMILES string of the molecule is CCC1=C[C@@H]2CN(CCc3c([nH]c4ccccc34)[C@@](C(=O)OC)(c3cc4c(cc3OC)N(C)[C@H]3[C@@](O)(CNC(=O)C(F)(F)F)[C@H](OC(C)=O)[C@]5(CC)C=CCN6CC[C@]43C65)C2)C1. The van der Waals surface area contributed by atoms with Gasteiger partial charge in [0.1, 0.15) is 22.9 Å². The molecular weight excluding hydrogens is 804 g/mol. The van der Waals surface area contributed by atoms with Crippen LogP contribution in [0.3, 0.4) is 0 Å². The van der Waals surface area contributed by atoms with Crippen molar-refractivity contribution in [2.24, 2.45) is 11.3 Å². The highest BCUT2D eigenvalue weighted by Gasteiger charge is 2.78. The number of nitrogens with one attached hydrogen (secondary N) is 2. The minimum Gasteiger partial charge on any atom is -0.496 e. The molecule has 1 spiro atoms. The summed E-state index contributed by atoms with van der Waals surface area (Å²) >= 11 is 0. The summed E-state index contributed by atoms with van der Waals surface area (Å²) in [5.41, 5.74) is 0.127. The van der Waals surface area contributed by atoms with E-state index in [4.69, 9.17) is 14.2 Å². The number of amides is 1. The molecule has 1 aromatic heterocycles. The number of benzene rings is 2. The van der Waals surface area contributed by atoms with Crippen LogP contribution in [0.4, 0.5) is 18.9 Å². The van der Waals surface area contributed by atoms with Gasteiger partial charge in [0.25, 0.3) is 0 Å². The second-order valence-electron chi connectivity index (χ2n) is 18.3. The quantitative estimate of drug-likeness (QED) is 0.202. The van der Waals surface area contributed by atoms with Crippen LogP contribution in [0.15, 0.2) is 60.2 Å². The molecular formula is C47H56F3N5O7. The molecule has 2 unspecified atom stereocenters. The van der Waals surface area contributed by atoms with E-state index in [1.165, 1.54) is 19.6 Å². The number of likely N-dealkylation sites (N-methyl/N-ethyl adjacent to an activating group) is 1. The van der Waals surface area contributed by atoms with Crippen LogP contribution in [0.5, 0.6) is 5.75 Å². The van der Waals surface area contributed by atoms with Gasteiger partial charge < -0.3 is 34.5 Å². The molecule has 9 atom stereocenters. The molecule has 12 nitrogen and oxygen atoms in total. The average molecular weight is 860 g/mol. The number of aliphatic hydroxyl groups is 1. The third kappa shape index (κ3) is 5.86. The van der Waals surface area contributed by atoms with Gasteiger partial charge in [0.15, 0.2) is 0 Å². The lowest BCUT2D eigenvalue weighted by Crippen LogP contribution is -2.81. The van der Waals surface area contributed by atoms with E-state index in [-0.39, 0.29) is 5.92 Å². The summed E-state index contributed by atoms with van der Waals surface area (Å²) in [6.07, 6.45) is 2.37. The summed E-state index contributed by atoms with van der Waals surface area (Å²) in [6, 6.07) is 10.6. The van der Waals surface area contributed by atoms with Crippen LogP contribution in [0.2, 0.25) is 0 Å². The van der Waals surface area contributed by atoms with E-state index in [0.29, 0.717) is 55.8 Å². The summed E-state index contributed by atoms with van der Waals surface area (Å²) in [5, 5.41) is 16.5. The summed E-state index contributed by atoms with van der Waals surface area (Å²) in [5.74, 6) is -3.04. The Bertz CT molecular complexity index is 2400. The number of rotatable bonds is 8. The molecule has 6 heterocycles. The van der Waals surface area contributed by atoms with Gasteiger partial charge in [-0.25, -0.2) is 0 Å². The van der Waals surface area contributed by atoms with Crippen molar-refractivity contribution < 1.29 is 46.9 Å². The van der Waals surface area contributed by atoms with Gasteiger partial charge in [-0.1, -0.05) is 55.8 Å². The lowest BCUT2D eigenvalue weighted by molar-refractivity contribution is -0.219. The number of para-hydroxylation sites is 1. The van der Waals surface area contributed by atoms with Gasteiger partial charge in [-0.2, -0.15) is 13.2 Å². The Hall–Kier alpha value is -4.86. The van der Waals surface area contributed by atoms with Gasteiger partial charge in [0, 0.05) is 90.9 Å². The Kier molecular flexibility index (Phi) is 10.2. The minimum atomic E-state index is -5.23. The number of hydrogen-bond donors (Lipinski definition) is 3. The average Bonchev–Trinajstić information content (AvgIpc) is 3.92. The van der Waals surface area contributed by atoms with E-state index in [1.54, 1.807) is 14.2 Å². The monoisotopic (exact) mass is 859 g/mol. The number of aromatic amines is 1. The molecule has 0 radical (unpaired) electrons. The van der Waals surface area contributed by atoms with Crippen molar-refractivity contribution >= 4 is 34.4 Å². The van der Waals surface area contributed by atoms with Crippen LogP contribution in [0, 0.1) is 11.3 Å². The van der Waals surface area contributed by atoms with Crippen LogP contribution in [-0.4, -0.2) is 128 Å². The van der Waals surface area contributed by atoms with E-state index in [2.05, 4.69) is 33.8 Å². The van der Waals surface area contributed by atoms with Crippen molar-refractivity contribution in [1.82, 2.24) is 20.1 Å². The standard InChI is InChI=1S/C47H56F3N5O7/c1-7-28-20-29-23-45(42(58)61-6,37-31(14-18-54(24-28)25-29)30-12-9-10-13-34(30)52-37)33-21-32-35(22-36(33)60-5)53(4)39-44(32)16-19-55-17-11-15-43(8-2,38(44)55)40(62-27(3)56)46(39,59)26-51-41(57)47(48,49)50/h9-13,15,20-22,29,38-40,52,59H,7-8,14,16-19,23-26H2,1-6H3,(H,51,57)/t29-,38?,39+,40+,43+,44+,45-,46-/m0/s1. The zero-order valence-corrected chi connectivity index (χ0v) is 36.2. The predicted molar refractivity (Wildman–Crippen MR) is 226 cm³/mol. The molecule has 62 heavy (non-hydrogen) atoms. The third-order valence-electron chi connectivity index (χ3n) is 15.4. The van der Waals surface area contributed by atoms with E-state index in [9.17, 15) is 27.9 Å². The van der Waals surface area contributed by atoms with E-state index < -0.39 is 70.6 Å². The van der Waals surface area contributed by atoms with Crippen molar-refractivity contribution in [2.45, 2.75) is 93.7 Å². The van der Waals surface area contributed by atoms with Crippen molar-refractivity contribution in [3.63, 3.8) is 0 Å². The molecule has 1 saturated carbocycles. The first-order chi connectivity index (χ1) is 29.5. The van der Waals surface area contributed by atoms with Crippen LogP contribution in [-0.2, 0) is 41.1 Å². The van der Waals surface area contributed by atoms with Crippen LogP contribution < -0.4 is 15.0 Å². The number of fused-ring (bicyclic) bond motifs is 6. The first-order valence-electron chi connectivity index (χ1n) is 21.8. The number of hydrogen-bond acceptors (Lipinski definition) is 10. The maximum atomic E-state index is 15.3. The van der Waals surface area contributed by atoms with E-state index >= 15 is 4.79 Å². The third-order valence-corrected chi connectivity index (χ3v) is 15.4. The van der Waals surface area contributed by atoms with Gasteiger partial charge in [0.2, 0.25) is 0 Å². The molecule has 3 N–H and O–H groups in total. The number of carbonyl (C=O) groups is 3. The summed E-state index contributed by atoms with van der Waals surface area (Å²) < 4.78 is 60.1. The second kappa shape index (κ2) is 14.9. The normalized spacial score (nSPS) is 33.5. The van der Waals surface area contributed by atoms with Gasteiger partial charge in [-0.05, 0) is 67.8 Å². The Balaban J connectivity index is 1.34.